The summed E-state index contributed by atoms with van der Waals surface area (Å²) in [6.45, 7) is 3.81. The molecule has 0 saturated carbocycles. The van der Waals surface area contributed by atoms with E-state index in [1.54, 1.807) is 30.3 Å². The second-order valence-corrected chi connectivity index (χ2v) is 12.8. The third-order valence-electron chi connectivity index (χ3n) is 8.81. The molecule has 6 rings (SSSR count). The number of amides is 2. The number of rotatable bonds is 15. The van der Waals surface area contributed by atoms with E-state index in [1.165, 1.54) is 17.0 Å². The van der Waals surface area contributed by atoms with Gasteiger partial charge < -0.3 is 52.3 Å². The Labute approximate surface area is 306 Å². The molecule has 4 aromatic carbocycles. The predicted octanol–water partition coefficient (Wildman–Crippen LogP) is 1.44. The number of aliphatic hydroxyl groups excluding tert-OH is 2. The number of nitrogens with one attached hydrogen (secondary N) is 4. The highest BCUT2D eigenvalue weighted by Crippen LogP contribution is 2.42. The number of hydrogen-bond donors (Lipinski definition) is 9. The van der Waals surface area contributed by atoms with E-state index in [0.717, 1.165) is 5.39 Å². The summed E-state index contributed by atoms with van der Waals surface area (Å²) < 4.78 is 0. The smallest absolute Gasteiger partial charge is 0.261 e. The number of hydrogen-bond acceptors (Lipinski definition) is 14. The van der Waals surface area contributed by atoms with Gasteiger partial charge in [0.25, 0.3) is 11.8 Å². The zero-order valence-corrected chi connectivity index (χ0v) is 29.7. The van der Waals surface area contributed by atoms with Gasteiger partial charge in [-0.3, -0.25) is 24.1 Å². The lowest BCUT2D eigenvalue weighted by Gasteiger charge is -2.28. The molecule has 0 aromatic heterocycles. The summed E-state index contributed by atoms with van der Waals surface area (Å²) in [5.74, 6) is -2.36. The number of phenolic OH excluding ortho intramolecular Hbond substituents is 2. The predicted molar refractivity (Wildman–Crippen MR) is 202 cm³/mol. The summed E-state index contributed by atoms with van der Waals surface area (Å²) >= 11 is 0. The van der Waals surface area contributed by atoms with Crippen molar-refractivity contribution in [2.45, 2.75) is 0 Å². The van der Waals surface area contributed by atoms with Crippen LogP contribution in [0.3, 0.4) is 0 Å². The standard InChI is InChI=1S/C22H28N4O6.C16H17N3O2/c27-11-9-23-5-7-25-13-1-2-14(26-8-6-24-10-12-28)18-17(13)21(31)19-15(29)3-4-16(30)20(19)22(18)32;1-18(2)6-7-19-15(20)12-5-3-4-10-8-11(17)9-13(14(10)12)16(19)21/h1-4,23-30H,5-12H2;3-5,8-9H,6-7,17H2,1-2H3. The number of anilines is 3. The summed E-state index contributed by atoms with van der Waals surface area (Å²) in [7, 11) is 3.82. The zero-order valence-electron chi connectivity index (χ0n) is 29.7. The minimum atomic E-state index is -0.559. The first kappa shape index (κ1) is 38.6. The van der Waals surface area contributed by atoms with Gasteiger partial charge in [0, 0.05) is 80.4 Å². The molecule has 0 saturated heterocycles. The number of aromatic hydroxyl groups is 2. The number of fused-ring (bicyclic) bond motifs is 2. The van der Waals surface area contributed by atoms with Gasteiger partial charge in [0.2, 0.25) is 11.6 Å². The molecule has 0 bridgehead atoms. The maximum absolute atomic E-state index is 13.4. The largest absolute Gasteiger partial charge is 0.507 e. The van der Waals surface area contributed by atoms with Crippen molar-refractivity contribution < 1.29 is 39.6 Å². The van der Waals surface area contributed by atoms with Gasteiger partial charge in [-0.2, -0.15) is 0 Å². The first-order valence-electron chi connectivity index (χ1n) is 17.3. The van der Waals surface area contributed by atoms with E-state index in [1.807, 2.05) is 31.1 Å². The van der Waals surface area contributed by atoms with Crippen LogP contribution in [0.2, 0.25) is 0 Å². The minimum absolute atomic E-state index is 0.00939. The minimum Gasteiger partial charge on any atom is -0.507 e. The second kappa shape index (κ2) is 17.3. The summed E-state index contributed by atoms with van der Waals surface area (Å²) in [5.41, 5.74) is 8.17. The molecule has 0 spiro atoms. The van der Waals surface area contributed by atoms with Gasteiger partial charge in [0.15, 0.2) is 0 Å². The molecule has 280 valence electrons. The van der Waals surface area contributed by atoms with E-state index in [9.17, 15) is 29.4 Å². The molecular weight excluding hydrogens is 682 g/mol. The van der Waals surface area contributed by atoms with Crippen molar-refractivity contribution in [2.75, 3.05) is 96.0 Å². The van der Waals surface area contributed by atoms with Gasteiger partial charge >= 0.3 is 0 Å². The van der Waals surface area contributed by atoms with Crippen LogP contribution in [-0.4, -0.2) is 133 Å². The summed E-state index contributed by atoms with van der Waals surface area (Å²) in [4.78, 5) is 55.2. The lowest BCUT2D eigenvalue weighted by molar-refractivity contribution is 0.0600. The molecule has 2 amide bonds. The zero-order chi connectivity index (χ0) is 38.2. The third kappa shape index (κ3) is 8.24. The lowest BCUT2D eigenvalue weighted by atomic mass is 9.81. The first-order valence-corrected chi connectivity index (χ1v) is 17.3. The van der Waals surface area contributed by atoms with E-state index >= 15 is 0 Å². The van der Waals surface area contributed by atoms with Crippen LogP contribution in [0.25, 0.3) is 10.8 Å². The molecular formula is C38H45N7O8. The number of phenols is 2. The van der Waals surface area contributed by atoms with Gasteiger partial charge in [0.05, 0.1) is 41.0 Å². The quantitative estimate of drug-likeness (QED) is 0.0322. The monoisotopic (exact) mass is 727 g/mol. The highest BCUT2D eigenvalue weighted by molar-refractivity contribution is 6.33. The van der Waals surface area contributed by atoms with Gasteiger partial charge in [-0.15, -0.1) is 0 Å². The number of carbonyl (C=O) groups is 4. The maximum atomic E-state index is 13.4. The Morgan fingerprint density at radius 1 is 0.660 bits per heavy atom. The normalized spacial score (nSPS) is 13.2. The Kier molecular flexibility index (Phi) is 12.6. The fourth-order valence-electron chi connectivity index (χ4n) is 6.32. The molecule has 10 N–H and O–H groups in total. The average molecular weight is 728 g/mol. The molecule has 2 aliphatic rings. The molecule has 0 unspecified atom stereocenters. The number of ketones is 2. The van der Waals surface area contributed by atoms with Crippen molar-refractivity contribution in [1.29, 1.82) is 0 Å². The van der Waals surface area contributed by atoms with E-state index in [-0.39, 0.29) is 58.8 Å². The first-order chi connectivity index (χ1) is 25.5. The summed E-state index contributed by atoms with van der Waals surface area (Å²) in [6.07, 6.45) is 0. The summed E-state index contributed by atoms with van der Waals surface area (Å²) in [5, 5.41) is 52.1. The van der Waals surface area contributed by atoms with Gasteiger partial charge in [0.1, 0.15) is 11.5 Å². The number of nitrogens with zero attached hydrogens (tertiary/aromatic N) is 2. The maximum Gasteiger partial charge on any atom is 0.261 e. The van der Waals surface area contributed by atoms with E-state index < -0.39 is 11.6 Å². The van der Waals surface area contributed by atoms with Crippen LogP contribution in [0.4, 0.5) is 17.1 Å². The van der Waals surface area contributed by atoms with Crippen molar-refractivity contribution in [1.82, 2.24) is 20.4 Å². The number of carbonyl (C=O) groups excluding carboxylic acids is 4. The van der Waals surface area contributed by atoms with Crippen molar-refractivity contribution in [3.05, 3.63) is 88.0 Å². The molecule has 1 aliphatic heterocycles. The molecule has 0 fully saturated rings. The van der Waals surface area contributed by atoms with Crippen LogP contribution in [-0.2, 0) is 0 Å². The van der Waals surface area contributed by atoms with Gasteiger partial charge in [-0.05, 0) is 61.9 Å². The van der Waals surface area contributed by atoms with E-state index in [4.69, 9.17) is 15.9 Å². The second-order valence-electron chi connectivity index (χ2n) is 12.8. The Bertz CT molecular complexity index is 1960. The fraction of sp³-hybridized carbons (Fsp3) is 0.316. The number of aliphatic hydroxyl groups is 2. The number of benzene rings is 4. The third-order valence-corrected chi connectivity index (χ3v) is 8.81. The highest BCUT2D eigenvalue weighted by Gasteiger charge is 2.38. The molecule has 0 atom stereocenters. The van der Waals surface area contributed by atoms with Crippen molar-refractivity contribution in [3.63, 3.8) is 0 Å². The van der Waals surface area contributed by atoms with Crippen molar-refractivity contribution in [3.8, 4) is 11.5 Å². The Morgan fingerprint density at radius 2 is 1.19 bits per heavy atom. The van der Waals surface area contributed by atoms with Gasteiger partial charge in [-0.25, -0.2) is 0 Å². The van der Waals surface area contributed by atoms with E-state index in [2.05, 4.69) is 21.3 Å². The van der Waals surface area contributed by atoms with Crippen molar-refractivity contribution >= 4 is 51.2 Å². The average Bonchev–Trinajstić information content (AvgIpc) is 3.13. The number of likely N-dealkylation sites (N-methyl/N-ethyl adjacent to an activating group) is 1. The number of nitrogens with two attached hydrogens (primary N) is 1. The number of nitrogen functional groups attached to an aromatic ring is 1. The molecule has 1 heterocycles. The van der Waals surface area contributed by atoms with Crippen molar-refractivity contribution in [2.24, 2.45) is 0 Å². The van der Waals surface area contributed by atoms with Gasteiger partial charge in [-0.1, -0.05) is 12.1 Å². The molecule has 4 aromatic rings. The fourth-order valence-corrected chi connectivity index (χ4v) is 6.32. The van der Waals surface area contributed by atoms with Crippen LogP contribution in [0.1, 0.15) is 52.6 Å². The topological polar surface area (TPSA) is 230 Å². The molecule has 1 aliphatic carbocycles. The lowest BCUT2D eigenvalue weighted by Crippen LogP contribution is -2.43. The Balaban J connectivity index is 0.000000222. The molecule has 53 heavy (non-hydrogen) atoms. The highest BCUT2D eigenvalue weighted by atomic mass is 16.3. The Morgan fingerprint density at radius 3 is 1.70 bits per heavy atom. The van der Waals surface area contributed by atoms with Crippen LogP contribution in [0, 0.1) is 0 Å². The van der Waals surface area contributed by atoms with E-state index in [0.29, 0.717) is 85.9 Å². The van der Waals surface area contributed by atoms with Crippen LogP contribution < -0.4 is 27.0 Å². The Hall–Kier alpha value is -5.58. The van der Waals surface area contributed by atoms with Crippen LogP contribution >= 0.6 is 0 Å². The molecule has 0 radical (unpaired) electrons. The van der Waals surface area contributed by atoms with Crippen LogP contribution in [0.5, 0.6) is 11.5 Å². The summed E-state index contributed by atoms with van der Waals surface area (Å²) in [6, 6.07) is 14.6. The van der Waals surface area contributed by atoms with Crippen LogP contribution in [0.15, 0.2) is 54.6 Å². The number of imide groups is 1. The molecule has 15 nitrogen and oxygen atoms in total. The SMILES string of the molecule is CN(C)CCN1C(=O)c2cccc3cc(N)cc(c23)C1=O.O=C1c2c(O)ccc(O)c2C(=O)c2c(NCCNCCO)ccc(NCCNCCO)c21. The molecule has 15 heteroatoms.